The molecular weight excluding hydrogens is 440 g/mol. The van der Waals surface area contributed by atoms with E-state index in [2.05, 4.69) is 10.1 Å². The van der Waals surface area contributed by atoms with E-state index in [0.717, 1.165) is 7.11 Å². The maximum Gasteiger partial charge on any atom is 0.263 e. The highest BCUT2D eigenvalue weighted by molar-refractivity contribution is 7.80. The molecule has 0 radical (unpaired) electrons. The Balaban J connectivity index is 1.77. The second-order valence-electron chi connectivity index (χ2n) is 6.08. The van der Waals surface area contributed by atoms with Crippen molar-refractivity contribution in [2.24, 2.45) is 0 Å². The molecule has 162 valence electrons. The van der Waals surface area contributed by atoms with Gasteiger partial charge in [0.1, 0.15) is 23.7 Å². The number of nitrogens with one attached hydrogen (secondary N) is 2. The van der Waals surface area contributed by atoms with Gasteiger partial charge in [-0.1, -0.05) is 12.1 Å². The standard InChI is InChI=1S/C20H14F4N2O4S/c1-29-18-16(23)14(21)13(15(22)17(18)24)19(28)26-20(31)25-10-4-2-3-9(7-10)12-6-5-11(8-27)30-12/h2-7,27H,8H2,1H3,(H2,25,26,28,31). The third-order valence-corrected chi connectivity index (χ3v) is 4.31. The van der Waals surface area contributed by atoms with Crippen LogP contribution in [0.3, 0.4) is 0 Å². The van der Waals surface area contributed by atoms with Gasteiger partial charge >= 0.3 is 0 Å². The average Bonchev–Trinajstić information content (AvgIpc) is 3.22. The molecule has 3 rings (SSSR count). The Morgan fingerprint density at radius 3 is 2.35 bits per heavy atom. The SMILES string of the molecule is COc1c(F)c(F)c(C(=O)NC(=S)Nc2cccc(-c3ccc(CO)o3)c2)c(F)c1F. The van der Waals surface area contributed by atoms with E-state index >= 15 is 0 Å². The highest BCUT2D eigenvalue weighted by Crippen LogP contribution is 2.30. The minimum atomic E-state index is -1.92. The Labute approximate surface area is 178 Å². The number of benzene rings is 2. The van der Waals surface area contributed by atoms with Gasteiger partial charge < -0.3 is 19.6 Å². The molecule has 0 unspecified atom stereocenters. The number of carbonyl (C=O) groups is 1. The van der Waals surface area contributed by atoms with Crippen molar-refractivity contribution in [3.63, 3.8) is 0 Å². The van der Waals surface area contributed by atoms with E-state index in [9.17, 15) is 22.4 Å². The first-order valence-corrected chi connectivity index (χ1v) is 8.99. The summed E-state index contributed by atoms with van der Waals surface area (Å²) in [5.41, 5.74) is -0.506. The maximum absolute atomic E-state index is 14.1. The number of amides is 1. The van der Waals surface area contributed by atoms with E-state index in [4.69, 9.17) is 21.7 Å². The molecule has 0 spiro atoms. The molecule has 3 N–H and O–H groups in total. The zero-order valence-corrected chi connectivity index (χ0v) is 16.6. The van der Waals surface area contributed by atoms with E-state index in [1.165, 1.54) is 0 Å². The molecule has 0 aliphatic carbocycles. The monoisotopic (exact) mass is 454 g/mol. The average molecular weight is 454 g/mol. The molecule has 1 heterocycles. The third kappa shape index (κ3) is 4.52. The first-order valence-electron chi connectivity index (χ1n) is 8.59. The van der Waals surface area contributed by atoms with Crippen molar-refractivity contribution in [3.05, 3.63) is 71.0 Å². The zero-order chi connectivity index (χ0) is 22.7. The first-order chi connectivity index (χ1) is 14.8. The number of hydrogen-bond acceptors (Lipinski definition) is 5. The largest absolute Gasteiger partial charge is 0.491 e. The van der Waals surface area contributed by atoms with Crippen LogP contribution < -0.4 is 15.4 Å². The molecule has 0 atom stereocenters. The fourth-order valence-electron chi connectivity index (χ4n) is 2.69. The maximum atomic E-state index is 14.1. The number of aliphatic hydroxyl groups is 1. The van der Waals surface area contributed by atoms with E-state index in [-0.39, 0.29) is 11.7 Å². The van der Waals surface area contributed by atoms with Gasteiger partial charge in [-0.3, -0.25) is 10.1 Å². The van der Waals surface area contributed by atoms with Crippen LogP contribution in [0, 0.1) is 23.3 Å². The molecule has 3 aromatic rings. The van der Waals surface area contributed by atoms with Crippen molar-refractivity contribution >= 4 is 28.9 Å². The second kappa shape index (κ2) is 9.14. The minimum Gasteiger partial charge on any atom is -0.491 e. The number of furan rings is 1. The lowest BCUT2D eigenvalue weighted by atomic mass is 10.1. The van der Waals surface area contributed by atoms with E-state index < -0.39 is 40.5 Å². The van der Waals surface area contributed by atoms with Gasteiger partial charge in [0.15, 0.2) is 22.5 Å². The molecule has 31 heavy (non-hydrogen) atoms. The minimum absolute atomic E-state index is 0.270. The van der Waals surface area contributed by atoms with Crippen LogP contribution in [-0.4, -0.2) is 23.2 Å². The van der Waals surface area contributed by atoms with Crippen LogP contribution >= 0.6 is 12.2 Å². The summed E-state index contributed by atoms with van der Waals surface area (Å²) in [6.07, 6.45) is 0. The molecule has 1 amide bonds. The summed E-state index contributed by atoms with van der Waals surface area (Å²) in [6, 6.07) is 9.74. The van der Waals surface area contributed by atoms with Crippen molar-refractivity contribution in [2.75, 3.05) is 12.4 Å². The first kappa shape index (κ1) is 22.2. The van der Waals surface area contributed by atoms with Crippen LogP contribution in [0.25, 0.3) is 11.3 Å². The molecular formula is C20H14F4N2O4S. The number of aliphatic hydroxyl groups excluding tert-OH is 1. The molecule has 0 fully saturated rings. The number of halogens is 4. The zero-order valence-electron chi connectivity index (χ0n) is 15.8. The summed E-state index contributed by atoms with van der Waals surface area (Å²) in [4.78, 5) is 12.2. The fourth-order valence-corrected chi connectivity index (χ4v) is 2.90. The number of ether oxygens (including phenoxy) is 1. The van der Waals surface area contributed by atoms with Crippen LogP contribution in [0.1, 0.15) is 16.1 Å². The van der Waals surface area contributed by atoms with Gasteiger partial charge in [0.05, 0.1) is 7.11 Å². The summed E-state index contributed by atoms with van der Waals surface area (Å²) in [5.74, 6) is -9.51. The lowest BCUT2D eigenvalue weighted by molar-refractivity contribution is 0.0966. The number of anilines is 1. The van der Waals surface area contributed by atoms with Crippen molar-refractivity contribution in [1.82, 2.24) is 5.32 Å². The summed E-state index contributed by atoms with van der Waals surface area (Å²) >= 11 is 4.94. The molecule has 2 aromatic carbocycles. The van der Waals surface area contributed by atoms with Gasteiger partial charge in [-0.15, -0.1) is 0 Å². The summed E-state index contributed by atoms with van der Waals surface area (Å²) < 4.78 is 65.5. The topological polar surface area (TPSA) is 83.7 Å². The predicted molar refractivity (Wildman–Crippen MR) is 107 cm³/mol. The van der Waals surface area contributed by atoms with Crippen molar-refractivity contribution < 1.29 is 36.6 Å². The van der Waals surface area contributed by atoms with Gasteiger partial charge in [0.2, 0.25) is 11.6 Å². The van der Waals surface area contributed by atoms with Crippen LogP contribution in [0.15, 0.2) is 40.8 Å². The molecule has 1 aromatic heterocycles. The Morgan fingerprint density at radius 1 is 1.10 bits per heavy atom. The third-order valence-electron chi connectivity index (χ3n) is 4.10. The molecule has 0 aliphatic rings. The lowest BCUT2D eigenvalue weighted by Crippen LogP contribution is -2.35. The van der Waals surface area contributed by atoms with Crippen LogP contribution in [-0.2, 0) is 6.61 Å². The molecule has 0 saturated heterocycles. The highest BCUT2D eigenvalue weighted by atomic mass is 32.1. The molecule has 6 nitrogen and oxygen atoms in total. The highest BCUT2D eigenvalue weighted by Gasteiger charge is 2.30. The van der Waals surface area contributed by atoms with Crippen LogP contribution in [0.4, 0.5) is 23.2 Å². The lowest BCUT2D eigenvalue weighted by Gasteiger charge is -2.13. The number of thiocarbonyl (C=S) groups is 1. The van der Waals surface area contributed by atoms with Gasteiger partial charge in [-0.2, -0.15) is 8.78 Å². The van der Waals surface area contributed by atoms with Crippen molar-refractivity contribution in [3.8, 4) is 17.1 Å². The number of rotatable bonds is 5. The number of hydrogen-bond donors (Lipinski definition) is 3. The van der Waals surface area contributed by atoms with Gasteiger partial charge in [0, 0.05) is 11.3 Å². The summed E-state index contributed by atoms with van der Waals surface area (Å²) in [7, 11) is 0.820. The predicted octanol–water partition coefficient (Wildman–Crippen LogP) is 4.13. The normalized spacial score (nSPS) is 10.6. The smallest absolute Gasteiger partial charge is 0.263 e. The van der Waals surface area contributed by atoms with Gasteiger partial charge in [-0.25, -0.2) is 8.78 Å². The van der Waals surface area contributed by atoms with Crippen LogP contribution in [0.2, 0.25) is 0 Å². The van der Waals surface area contributed by atoms with Crippen molar-refractivity contribution in [1.29, 1.82) is 0 Å². The second-order valence-corrected chi connectivity index (χ2v) is 6.49. The fraction of sp³-hybridized carbons (Fsp3) is 0.100. The quantitative estimate of drug-likeness (QED) is 0.306. The van der Waals surface area contributed by atoms with Crippen LogP contribution in [0.5, 0.6) is 5.75 Å². The number of carbonyl (C=O) groups excluding carboxylic acids is 1. The van der Waals surface area contributed by atoms with Gasteiger partial charge in [0.25, 0.3) is 5.91 Å². The Hall–Kier alpha value is -3.44. The van der Waals surface area contributed by atoms with Gasteiger partial charge in [-0.05, 0) is 36.5 Å². The Morgan fingerprint density at radius 2 is 1.77 bits per heavy atom. The molecule has 11 heteroatoms. The van der Waals surface area contributed by atoms with E-state index in [0.29, 0.717) is 22.8 Å². The van der Waals surface area contributed by atoms with Crippen molar-refractivity contribution in [2.45, 2.75) is 6.61 Å². The van der Waals surface area contributed by atoms with E-state index in [1.54, 1.807) is 36.4 Å². The summed E-state index contributed by atoms with van der Waals surface area (Å²) in [6.45, 7) is -0.270. The Bertz CT molecular complexity index is 1140. The molecule has 0 bridgehead atoms. The number of methoxy groups -OCH3 is 1. The Kier molecular flexibility index (Phi) is 6.56. The van der Waals surface area contributed by atoms with E-state index in [1.807, 2.05) is 5.32 Å². The summed E-state index contributed by atoms with van der Waals surface area (Å²) in [5, 5.41) is 13.3. The molecule has 0 saturated carbocycles. The molecule has 0 aliphatic heterocycles.